The monoisotopic (exact) mass is 337 g/mol. The Morgan fingerprint density at radius 1 is 1.21 bits per heavy atom. The van der Waals surface area contributed by atoms with E-state index in [2.05, 4.69) is 4.98 Å². The highest BCUT2D eigenvalue weighted by atomic mass is 19.4. The Kier molecular flexibility index (Phi) is 4.13. The van der Waals surface area contributed by atoms with Crippen LogP contribution in [0.1, 0.15) is 5.56 Å². The van der Waals surface area contributed by atoms with Gasteiger partial charge in [0.05, 0.1) is 29.9 Å². The molecule has 0 saturated heterocycles. The molecule has 1 aromatic carbocycles. The van der Waals surface area contributed by atoms with E-state index in [0.717, 1.165) is 6.07 Å². The van der Waals surface area contributed by atoms with E-state index in [1.165, 1.54) is 13.3 Å². The van der Waals surface area contributed by atoms with Crippen LogP contribution in [0.4, 0.5) is 13.2 Å². The van der Waals surface area contributed by atoms with Crippen LogP contribution in [0.3, 0.4) is 0 Å². The second-order valence-electron chi connectivity index (χ2n) is 5.91. The average Bonchev–Trinajstić information content (AvgIpc) is 2.84. The number of benzene rings is 1. The number of aromatic nitrogens is 2. The third kappa shape index (κ3) is 2.80. The molecular weight excluding hydrogens is 319 g/mol. The minimum absolute atomic E-state index is 0.191. The van der Waals surface area contributed by atoms with Crippen LogP contribution < -0.4 is 4.74 Å². The predicted octanol–water partition coefficient (Wildman–Crippen LogP) is 3.78. The zero-order chi connectivity index (χ0) is 17.5. The summed E-state index contributed by atoms with van der Waals surface area (Å²) in [7, 11) is 5.22. The third-order valence-electron chi connectivity index (χ3n) is 4.05. The van der Waals surface area contributed by atoms with Gasteiger partial charge in [0.15, 0.2) is 0 Å². The first kappa shape index (κ1) is 16.6. The van der Waals surface area contributed by atoms with Gasteiger partial charge in [0.25, 0.3) is 0 Å². The Labute approximate surface area is 137 Å². The van der Waals surface area contributed by atoms with E-state index < -0.39 is 11.7 Å². The van der Waals surface area contributed by atoms with Crippen LogP contribution in [0.5, 0.6) is 5.75 Å². The summed E-state index contributed by atoms with van der Waals surface area (Å²) in [5.41, 5.74) is 0.510. The van der Waals surface area contributed by atoms with Crippen molar-refractivity contribution in [3.63, 3.8) is 0 Å². The van der Waals surface area contributed by atoms with Gasteiger partial charge in [0.1, 0.15) is 5.75 Å². The maximum Gasteiger partial charge on any atom is 0.417 e. The first-order valence-corrected chi connectivity index (χ1v) is 7.49. The number of hydrogen-bond donors (Lipinski definition) is 0. The first-order chi connectivity index (χ1) is 11.3. The molecule has 3 rings (SSSR count). The molecule has 0 aliphatic rings. The first-order valence-electron chi connectivity index (χ1n) is 7.49. The van der Waals surface area contributed by atoms with E-state index in [-0.39, 0.29) is 11.1 Å². The van der Waals surface area contributed by atoms with Crippen LogP contribution in [0.15, 0.2) is 30.6 Å². The van der Waals surface area contributed by atoms with Gasteiger partial charge in [0.2, 0.25) is 0 Å². The van der Waals surface area contributed by atoms with Crippen LogP contribution in [0, 0.1) is 0 Å². The highest BCUT2D eigenvalue weighted by Crippen LogP contribution is 2.41. The second kappa shape index (κ2) is 5.98. The summed E-state index contributed by atoms with van der Waals surface area (Å²) in [6, 6.07) is 4.34. The van der Waals surface area contributed by atoms with Crippen molar-refractivity contribution in [2.45, 2.75) is 12.7 Å². The molecule has 0 N–H and O–H groups in total. The number of ether oxygens (including phenoxy) is 1. The fraction of sp³-hybridized carbons (Fsp3) is 0.353. The summed E-state index contributed by atoms with van der Waals surface area (Å²) < 4.78 is 47.8. The lowest BCUT2D eigenvalue weighted by Gasteiger charge is -2.14. The molecule has 0 bridgehead atoms. The number of pyridine rings is 1. The molecule has 128 valence electrons. The zero-order valence-corrected chi connectivity index (χ0v) is 13.7. The lowest BCUT2D eigenvalue weighted by Crippen LogP contribution is -2.18. The summed E-state index contributed by atoms with van der Waals surface area (Å²) in [5.74, 6) is 0.191. The van der Waals surface area contributed by atoms with E-state index in [1.807, 2.05) is 23.6 Å². The van der Waals surface area contributed by atoms with Gasteiger partial charge in [-0.15, -0.1) is 0 Å². The van der Waals surface area contributed by atoms with Crippen molar-refractivity contribution in [3.05, 3.63) is 36.2 Å². The SMILES string of the molecule is COc1cc(C(F)(F)F)c2c3ccncc3n(CCN(C)C)c2c1. The van der Waals surface area contributed by atoms with Gasteiger partial charge in [-0.25, -0.2) is 0 Å². The molecule has 3 aromatic rings. The molecule has 0 atom stereocenters. The van der Waals surface area contributed by atoms with Crippen molar-refractivity contribution in [2.75, 3.05) is 27.7 Å². The number of likely N-dealkylation sites (N-methyl/N-ethyl adjacent to an activating group) is 1. The van der Waals surface area contributed by atoms with Crippen LogP contribution >= 0.6 is 0 Å². The summed E-state index contributed by atoms with van der Waals surface area (Å²) >= 11 is 0. The molecule has 0 spiro atoms. The van der Waals surface area contributed by atoms with E-state index in [0.29, 0.717) is 29.5 Å². The molecule has 4 nitrogen and oxygen atoms in total. The summed E-state index contributed by atoms with van der Waals surface area (Å²) in [6.07, 6.45) is -1.34. The highest BCUT2D eigenvalue weighted by Gasteiger charge is 2.35. The van der Waals surface area contributed by atoms with E-state index in [4.69, 9.17) is 4.74 Å². The van der Waals surface area contributed by atoms with Gasteiger partial charge in [-0.2, -0.15) is 13.2 Å². The maximum atomic E-state index is 13.6. The number of nitrogens with zero attached hydrogens (tertiary/aromatic N) is 3. The number of rotatable bonds is 4. The van der Waals surface area contributed by atoms with Crippen molar-refractivity contribution in [3.8, 4) is 5.75 Å². The molecule has 0 unspecified atom stereocenters. The standard InChI is InChI=1S/C17H18F3N3O/c1-22(2)6-7-23-14-9-11(24-3)8-13(17(18,19)20)16(14)12-4-5-21-10-15(12)23/h4-5,8-10H,6-7H2,1-3H3. The summed E-state index contributed by atoms with van der Waals surface area (Å²) in [6.45, 7) is 1.26. The number of halogens is 3. The molecular formula is C17H18F3N3O. The molecule has 2 aromatic heterocycles. The second-order valence-corrected chi connectivity index (χ2v) is 5.91. The van der Waals surface area contributed by atoms with Gasteiger partial charge < -0.3 is 14.2 Å². The molecule has 7 heteroatoms. The Hall–Kier alpha value is -2.28. The van der Waals surface area contributed by atoms with Gasteiger partial charge in [-0.1, -0.05) is 0 Å². The molecule has 2 heterocycles. The molecule has 0 aliphatic carbocycles. The van der Waals surface area contributed by atoms with Gasteiger partial charge in [0, 0.05) is 36.1 Å². The molecule has 0 aliphatic heterocycles. The van der Waals surface area contributed by atoms with Crippen molar-refractivity contribution < 1.29 is 17.9 Å². The quantitative estimate of drug-likeness (QED) is 0.726. The number of alkyl halides is 3. The van der Waals surface area contributed by atoms with Crippen molar-refractivity contribution in [1.82, 2.24) is 14.5 Å². The van der Waals surface area contributed by atoms with Crippen LogP contribution in [-0.2, 0) is 12.7 Å². The van der Waals surface area contributed by atoms with Crippen LogP contribution in [-0.4, -0.2) is 42.2 Å². The number of hydrogen-bond acceptors (Lipinski definition) is 3. The Balaban J connectivity index is 2.40. The van der Waals surface area contributed by atoms with Crippen molar-refractivity contribution in [1.29, 1.82) is 0 Å². The molecule has 0 fully saturated rings. The topological polar surface area (TPSA) is 30.3 Å². The largest absolute Gasteiger partial charge is 0.497 e. The average molecular weight is 337 g/mol. The highest BCUT2D eigenvalue weighted by molar-refractivity contribution is 6.10. The Morgan fingerprint density at radius 2 is 1.96 bits per heavy atom. The van der Waals surface area contributed by atoms with Crippen LogP contribution in [0.2, 0.25) is 0 Å². The predicted molar refractivity (Wildman–Crippen MR) is 87.3 cm³/mol. The third-order valence-corrected chi connectivity index (χ3v) is 4.05. The molecule has 0 saturated carbocycles. The minimum atomic E-state index is -4.46. The smallest absolute Gasteiger partial charge is 0.417 e. The van der Waals surface area contributed by atoms with E-state index >= 15 is 0 Å². The fourth-order valence-electron chi connectivity index (χ4n) is 2.92. The number of methoxy groups -OCH3 is 1. The van der Waals surface area contributed by atoms with Gasteiger partial charge >= 0.3 is 6.18 Å². The normalized spacial score (nSPS) is 12.5. The summed E-state index contributed by atoms with van der Waals surface area (Å²) in [4.78, 5) is 6.07. The number of fused-ring (bicyclic) bond motifs is 3. The van der Waals surface area contributed by atoms with Crippen molar-refractivity contribution >= 4 is 21.8 Å². The van der Waals surface area contributed by atoms with Gasteiger partial charge in [-0.05, 0) is 26.2 Å². The Bertz CT molecular complexity index is 884. The van der Waals surface area contributed by atoms with Crippen molar-refractivity contribution in [2.24, 2.45) is 0 Å². The lowest BCUT2D eigenvalue weighted by atomic mass is 10.1. The van der Waals surface area contributed by atoms with E-state index in [1.54, 1.807) is 18.3 Å². The molecule has 0 amide bonds. The molecule has 24 heavy (non-hydrogen) atoms. The lowest BCUT2D eigenvalue weighted by molar-refractivity contribution is -0.136. The molecule has 0 radical (unpaired) electrons. The summed E-state index contributed by atoms with van der Waals surface area (Å²) in [5, 5.41) is 0.744. The minimum Gasteiger partial charge on any atom is -0.497 e. The fourth-order valence-corrected chi connectivity index (χ4v) is 2.92. The zero-order valence-electron chi connectivity index (χ0n) is 13.7. The van der Waals surface area contributed by atoms with E-state index in [9.17, 15) is 13.2 Å². The van der Waals surface area contributed by atoms with Crippen LogP contribution in [0.25, 0.3) is 21.8 Å². The van der Waals surface area contributed by atoms with Gasteiger partial charge in [-0.3, -0.25) is 4.98 Å². The Morgan fingerprint density at radius 3 is 2.58 bits per heavy atom. The maximum absolute atomic E-state index is 13.6.